The van der Waals surface area contributed by atoms with E-state index in [9.17, 15) is 14.0 Å². The lowest BCUT2D eigenvalue weighted by Crippen LogP contribution is -2.47. The molecule has 0 aromatic heterocycles. The van der Waals surface area contributed by atoms with Crippen molar-refractivity contribution in [1.82, 2.24) is 15.1 Å². The summed E-state index contributed by atoms with van der Waals surface area (Å²) in [6, 6.07) is 4.49. The number of rotatable bonds is 4. The predicted molar refractivity (Wildman–Crippen MR) is 95.4 cm³/mol. The van der Waals surface area contributed by atoms with Gasteiger partial charge in [0.15, 0.2) is 0 Å². The summed E-state index contributed by atoms with van der Waals surface area (Å²) in [5.74, 6) is -0.454. The van der Waals surface area contributed by atoms with Crippen molar-refractivity contribution in [1.29, 1.82) is 0 Å². The van der Waals surface area contributed by atoms with Crippen LogP contribution in [0.25, 0.3) is 0 Å². The molecule has 2 saturated heterocycles. The first-order valence-corrected chi connectivity index (χ1v) is 8.96. The van der Waals surface area contributed by atoms with Crippen LogP contribution in [0.3, 0.4) is 0 Å². The van der Waals surface area contributed by atoms with Crippen LogP contribution in [0.1, 0.15) is 28.8 Å². The van der Waals surface area contributed by atoms with Crippen molar-refractivity contribution < 1.29 is 18.7 Å². The molecule has 2 aliphatic rings. The molecule has 0 aliphatic carbocycles. The van der Waals surface area contributed by atoms with E-state index in [0.29, 0.717) is 30.7 Å². The monoisotopic (exact) mass is 363 g/mol. The number of fused-ring (bicyclic) bond motifs is 1. The standard InChI is InChI=1S/C19H26FN3O3/c1-12-6-13(20)4-5-17(12)19(25)21-14-7-15-11-26-16(10-23(15)9-14)8-18(24)22(2)3/h4-6,14-16H,7-11H2,1-3H3,(H,21,25)/t14-,15-,16-/m0/s1. The van der Waals surface area contributed by atoms with Gasteiger partial charge < -0.3 is 15.0 Å². The average Bonchev–Trinajstić information content (AvgIpc) is 2.95. The Hall–Kier alpha value is -1.99. The van der Waals surface area contributed by atoms with Crippen LogP contribution < -0.4 is 5.32 Å². The lowest BCUT2D eigenvalue weighted by molar-refractivity contribution is -0.134. The number of carbonyl (C=O) groups excluding carboxylic acids is 2. The highest BCUT2D eigenvalue weighted by atomic mass is 19.1. The first-order chi connectivity index (χ1) is 12.3. The van der Waals surface area contributed by atoms with Crippen molar-refractivity contribution >= 4 is 11.8 Å². The molecule has 0 bridgehead atoms. The van der Waals surface area contributed by atoms with E-state index in [1.807, 2.05) is 0 Å². The minimum atomic E-state index is -0.340. The Morgan fingerprint density at radius 3 is 2.81 bits per heavy atom. The summed E-state index contributed by atoms with van der Waals surface area (Å²) >= 11 is 0. The van der Waals surface area contributed by atoms with E-state index in [2.05, 4.69) is 10.2 Å². The van der Waals surface area contributed by atoms with Gasteiger partial charge in [0.1, 0.15) is 5.82 Å². The number of hydrogen-bond donors (Lipinski definition) is 1. The molecule has 2 aliphatic heterocycles. The van der Waals surface area contributed by atoms with Crippen molar-refractivity contribution in [2.75, 3.05) is 33.8 Å². The van der Waals surface area contributed by atoms with Crippen molar-refractivity contribution in [3.63, 3.8) is 0 Å². The van der Waals surface area contributed by atoms with Gasteiger partial charge in [-0.1, -0.05) is 0 Å². The lowest BCUT2D eigenvalue weighted by atomic mass is 10.1. The zero-order chi connectivity index (χ0) is 18.8. The zero-order valence-electron chi connectivity index (χ0n) is 15.5. The van der Waals surface area contributed by atoms with Gasteiger partial charge in [-0.15, -0.1) is 0 Å². The molecule has 3 atom stereocenters. The van der Waals surface area contributed by atoms with E-state index < -0.39 is 0 Å². The molecule has 2 amide bonds. The number of nitrogens with zero attached hydrogens (tertiary/aromatic N) is 2. The molecule has 0 saturated carbocycles. The van der Waals surface area contributed by atoms with Crippen molar-refractivity contribution in [2.24, 2.45) is 0 Å². The summed E-state index contributed by atoms with van der Waals surface area (Å²) < 4.78 is 19.1. The van der Waals surface area contributed by atoms with Crippen LogP contribution in [0.5, 0.6) is 0 Å². The Balaban J connectivity index is 1.55. The van der Waals surface area contributed by atoms with Gasteiger partial charge in [-0.05, 0) is 37.1 Å². The fraction of sp³-hybridized carbons (Fsp3) is 0.579. The molecule has 6 nitrogen and oxygen atoms in total. The fourth-order valence-electron chi connectivity index (χ4n) is 3.69. The smallest absolute Gasteiger partial charge is 0.251 e. The molecule has 2 fully saturated rings. The van der Waals surface area contributed by atoms with E-state index in [0.717, 1.165) is 13.0 Å². The number of ether oxygens (including phenoxy) is 1. The second-order valence-electron chi connectivity index (χ2n) is 7.42. The second-order valence-corrected chi connectivity index (χ2v) is 7.42. The van der Waals surface area contributed by atoms with E-state index in [-0.39, 0.29) is 35.8 Å². The van der Waals surface area contributed by atoms with Crippen molar-refractivity contribution in [3.8, 4) is 0 Å². The minimum Gasteiger partial charge on any atom is -0.375 e. The highest BCUT2D eigenvalue weighted by molar-refractivity contribution is 5.95. The number of hydrogen-bond acceptors (Lipinski definition) is 4. The largest absolute Gasteiger partial charge is 0.375 e. The number of nitrogens with one attached hydrogen (secondary N) is 1. The SMILES string of the molecule is Cc1cc(F)ccc1C(=O)N[C@H]1C[C@H]2CO[C@@H](CC(=O)N(C)C)CN2C1. The Morgan fingerprint density at radius 2 is 2.12 bits per heavy atom. The molecule has 7 heteroatoms. The molecule has 0 radical (unpaired) electrons. The zero-order valence-corrected chi connectivity index (χ0v) is 15.5. The molecule has 1 aromatic carbocycles. The molecule has 1 N–H and O–H groups in total. The predicted octanol–water partition coefficient (Wildman–Crippen LogP) is 1.18. The number of morpholine rings is 1. The summed E-state index contributed by atoms with van der Waals surface area (Å²) in [5, 5.41) is 3.05. The van der Waals surface area contributed by atoms with Crippen LogP contribution >= 0.6 is 0 Å². The van der Waals surface area contributed by atoms with Crippen LogP contribution in [0, 0.1) is 12.7 Å². The van der Waals surface area contributed by atoms with E-state index in [1.165, 1.54) is 18.2 Å². The minimum absolute atomic E-state index is 0.0313. The molecule has 2 heterocycles. The summed E-state index contributed by atoms with van der Waals surface area (Å²) in [4.78, 5) is 28.2. The van der Waals surface area contributed by atoms with E-state index in [1.54, 1.807) is 25.9 Å². The first kappa shape index (κ1) is 18.8. The number of benzene rings is 1. The fourth-order valence-corrected chi connectivity index (χ4v) is 3.69. The molecule has 0 unspecified atom stereocenters. The van der Waals surface area contributed by atoms with Gasteiger partial charge in [-0.25, -0.2) is 4.39 Å². The van der Waals surface area contributed by atoms with Crippen LogP contribution in [0.4, 0.5) is 4.39 Å². The summed E-state index contributed by atoms with van der Waals surface area (Å²) in [6.45, 7) is 3.75. The van der Waals surface area contributed by atoms with Crippen LogP contribution in [-0.4, -0.2) is 73.6 Å². The van der Waals surface area contributed by atoms with Crippen molar-refractivity contribution in [3.05, 3.63) is 35.1 Å². The third-order valence-electron chi connectivity index (χ3n) is 5.16. The van der Waals surface area contributed by atoms with Crippen LogP contribution in [-0.2, 0) is 9.53 Å². The van der Waals surface area contributed by atoms with E-state index >= 15 is 0 Å². The van der Waals surface area contributed by atoms with Crippen molar-refractivity contribution in [2.45, 2.75) is 38.0 Å². The molecule has 26 heavy (non-hydrogen) atoms. The van der Waals surface area contributed by atoms with E-state index in [4.69, 9.17) is 4.74 Å². The molecular formula is C19H26FN3O3. The van der Waals surface area contributed by atoms with Gasteiger partial charge in [0.05, 0.1) is 19.1 Å². The quantitative estimate of drug-likeness (QED) is 0.873. The molecule has 142 valence electrons. The Morgan fingerprint density at radius 1 is 1.35 bits per heavy atom. The molecule has 0 spiro atoms. The van der Waals surface area contributed by atoms with Gasteiger partial charge in [-0.3, -0.25) is 14.5 Å². The topological polar surface area (TPSA) is 61.9 Å². The Kier molecular flexibility index (Phi) is 5.58. The third kappa shape index (κ3) is 4.22. The number of amides is 2. The maximum Gasteiger partial charge on any atom is 0.251 e. The average molecular weight is 363 g/mol. The third-order valence-corrected chi connectivity index (χ3v) is 5.16. The number of carbonyl (C=O) groups is 2. The summed E-state index contributed by atoms with van der Waals surface area (Å²) in [6.07, 6.45) is 1.09. The molecule has 1 aromatic rings. The van der Waals surface area contributed by atoms with Gasteiger partial charge >= 0.3 is 0 Å². The van der Waals surface area contributed by atoms with Crippen LogP contribution in [0.15, 0.2) is 18.2 Å². The highest BCUT2D eigenvalue weighted by Gasteiger charge is 2.38. The Labute approximate surface area is 153 Å². The second kappa shape index (κ2) is 7.72. The maximum absolute atomic E-state index is 13.2. The van der Waals surface area contributed by atoms with Crippen LogP contribution in [0.2, 0.25) is 0 Å². The van der Waals surface area contributed by atoms with Gasteiger partial charge in [0.25, 0.3) is 5.91 Å². The van der Waals surface area contributed by atoms with Gasteiger partial charge in [0, 0.05) is 44.8 Å². The summed E-state index contributed by atoms with van der Waals surface area (Å²) in [7, 11) is 3.49. The summed E-state index contributed by atoms with van der Waals surface area (Å²) in [5.41, 5.74) is 1.13. The maximum atomic E-state index is 13.2. The normalized spacial score (nSPS) is 25.6. The highest BCUT2D eigenvalue weighted by Crippen LogP contribution is 2.25. The number of aryl methyl sites for hydroxylation is 1. The van der Waals surface area contributed by atoms with Gasteiger partial charge in [-0.2, -0.15) is 0 Å². The molecular weight excluding hydrogens is 337 g/mol. The Bertz CT molecular complexity index is 695. The lowest BCUT2D eigenvalue weighted by Gasteiger charge is -2.35. The first-order valence-electron chi connectivity index (χ1n) is 8.96. The number of halogens is 1. The molecule has 3 rings (SSSR count). The van der Waals surface area contributed by atoms with Gasteiger partial charge in [0.2, 0.25) is 5.91 Å².